The lowest BCUT2D eigenvalue weighted by molar-refractivity contribution is 0.0696. The van der Waals surface area contributed by atoms with Gasteiger partial charge >= 0.3 is 5.97 Å². The molecule has 0 unspecified atom stereocenters. The monoisotopic (exact) mass is 257 g/mol. The summed E-state index contributed by atoms with van der Waals surface area (Å²) in [4.78, 5) is 25.5. The molecule has 1 aromatic carbocycles. The van der Waals surface area contributed by atoms with Crippen LogP contribution in [0.25, 0.3) is 11.1 Å². The van der Waals surface area contributed by atoms with Gasteiger partial charge in [-0.1, -0.05) is 31.2 Å². The fraction of sp³-hybridized carbons (Fsp3) is 0.200. The molecule has 1 heterocycles. The topological polar surface area (TPSA) is 70.2 Å². The van der Waals surface area contributed by atoms with Gasteiger partial charge in [-0.15, -0.1) is 0 Å². The van der Waals surface area contributed by atoms with E-state index in [1.54, 1.807) is 13.0 Å². The third-order valence-corrected chi connectivity index (χ3v) is 3.05. The zero-order valence-electron chi connectivity index (χ0n) is 10.9. The minimum absolute atomic E-state index is 0.213. The van der Waals surface area contributed by atoms with Gasteiger partial charge in [0, 0.05) is 11.3 Å². The number of H-pyrrole nitrogens is 1. The van der Waals surface area contributed by atoms with E-state index >= 15 is 0 Å². The highest BCUT2D eigenvalue weighted by atomic mass is 16.4. The molecule has 0 aliphatic rings. The molecule has 4 heteroatoms. The molecule has 0 atom stereocenters. The van der Waals surface area contributed by atoms with Crippen molar-refractivity contribution < 1.29 is 9.90 Å². The van der Waals surface area contributed by atoms with E-state index in [2.05, 4.69) is 11.9 Å². The van der Waals surface area contributed by atoms with Crippen LogP contribution in [0.15, 0.2) is 35.1 Å². The minimum atomic E-state index is -1.21. The lowest BCUT2D eigenvalue weighted by Crippen LogP contribution is -2.19. The van der Waals surface area contributed by atoms with Crippen LogP contribution in [0.2, 0.25) is 0 Å². The molecule has 0 fully saturated rings. The van der Waals surface area contributed by atoms with Gasteiger partial charge in [-0.2, -0.15) is 0 Å². The van der Waals surface area contributed by atoms with E-state index < -0.39 is 11.5 Å². The quantitative estimate of drug-likeness (QED) is 0.887. The Morgan fingerprint density at radius 3 is 2.42 bits per heavy atom. The third kappa shape index (κ3) is 2.57. The Morgan fingerprint density at radius 1 is 1.26 bits per heavy atom. The number of aromatic carboxylic acids is 1. The van der Waals surface area contributed by atoms with Crippen LogP contribution in [0.1, 0.15) is 28.5 Å². The molecular formula is C15H15NO3. The van der Waals surface area contributed by atoms with E-state index in [-0.39, 0.29) is 5.56 Å². The van der Waals surface area contributed by atoms with Gasteiger partial charge in [0.05, 0.1) is 0 Å². The van der Waals surface area contributed by atoms with Crippen molar-refractivity contribution in [2.75, 3.05) is 0 Å². The van der Waals surface area contributed by atoms with Crippen LogP contribution in [0.5, 0.6) is 0 Å². The van der Waals surface area contributed by atoms with Gasteiger partial charge in [-0.05, 0) is 30.5 Å². The lowest BCUT2D eigenvalue weighted by Gasteiger charge is -2.08. The Bertz CT molecular complexity index is 669. The van der Waals surface area contributed by atoms with Crippen LogP contribution in [0.3, 0.4) is 0 Å². The van der Waals surface area contributed by atoms with Crippen molar-refractivity contribution in [2.24, 2.45) is 0 Å². The highest BCUT2D eigenvalue weighted by Gasteiger charge is 2.16. The molecule has 0 amide bonds. The molecule has 4 nitrogen and oxygen atoms in total. The lowest BCUT2D eigenvalue weighted by atomic mass is 9.99. The first-order chi connectivity index (χ1) is 9.02. The van der Waals surface area contributed by atoms with Gasteiger partial charge in [0.15, 0.2) is 0 Å². The van der Waals surface area contributed by atoms with Crippen LogP contribution >= 0.6 is 0 Å². The Balaban J connectivity index is 2.66. The molecule has 0 aliphatic carbocycles. The maximum atomic E-state index is 11.8. The molecule has 0 bridgehead atoms. The Hall–Kier alpha value is -2.36. The molecule has 2 N–H and O–H groups in total. The first-order valence-corrected chi connectivity index (χ1v) is 6.09. The van der Waals surface area contributed by atoms with Crippen molar-refractivity contribution in [3.8, 4) is 11.1 Å². The number of rotatable bonds is 3. The van der Waals surface area contributed by atoms with Gasteiger partial charge < -0.3 is 10.1 Å². The van der Waals surface area contributed by atoms with Gasteiger partial charge in [0.25, 0.3) is 5.56 Å². The van der Waals surface area contributed by atoms with Gasteiger partial charge in [-0.25, -0.2) is 4.79 Å². The molecule has 0 saturated heterocycles. The van der Waals surface area contributed by atoms with Crippen LogP contribution < -0.4 is 5.56 Å². The summed E-state index contributed by atoms with van der Waals surface area (Å²) in [5, 5.41) is 9.18. The first-order valence-electron chi connectivity index (χ1n) is 6.09. The molecular weight excluding hydrogens is 242 g/mol. The summed E-state index contributed by atoms with van der Waals surface area (Å²) in [7, 11) is 0. The summed E-state index contributed by atoms with van der Waals surface area (Å²) in [6.45, 7) is 3.78. The second-order valence-corrected chi connectivity index (χ2v) is 4.43. The zero-order valence-corrected chi connectivity index (χ0v) is 10.9. The number of hydrogen-bond acceptors (Lipinski definition) is 2. The Morgan fingerprint density at radius 2 is 1.89 bits per heavy atom. The number of nitrogens with one attached hydrogen (secondary N) is 1. The first kappa shape index (κ1) is 13.1. The smallest absolute Gasteiger partial charge is 0.341 e. The van der Waals surface area contributed by atoms with Crippen LogP contribution in [0, 0.1) is 6.92 Å². The van der Waals surface area contributed by atoms with E-state index in [0.717, 1.165) is 12.0 Å². The molecule has 0 spiro atoms. The Kier molecular flexibility index (Phi) is 3.51. The number of aryl methyl sites for hydroxylation is 2. The highest BCUT2D eigenvalue weighted by molar-refractivity contribution is 5.95. The summed E-state index contributed by atoms with van der Waals surface area (Å²) in [5.74, 6) is -1.21. The fourth-order valence-corrected chi connectivity index (χ4v) is 2.05. The summed E-state index contributed by atoms with van der Waals surface area (Å²) in [6, 6.07) is 9.26. The maximum absolute atomic E-state index is 11.8. The number of carboxylic acids is 1. The van der Waals surface area contributed by atoms with Crippen molar-refractivity contribution in [1.82, 2.24) is 4.98 Å². The number of carbonyl (C=O) groups is 1. The molecule has 98 valence electrons. The maximum Gasteiger partial charge on any atom is 0.341 e. The van der Waals surface area contributed by atoms with E-state index in [1.165, 1.54) is 5.56 Å². The molecule has 1 aromatic heterocycles. The normalized spacial score (nSPS) is 10.4. The fourth-order valence-electron chi connectivity index (χ4n) is 2.05. The summed E-state index contributed by atoms with van der Waals surface area (Å²) >= 11 is 0. The van der Waals surface area contributed by atoms with Crippen molar-refractivity contribution in [2.45, 2.75) is 20.3 Å². The number of aromatic nitrogens is 1. The van der Waals surface area contributed by atoms with Crippen LogP contribution in [-0.4, -0.2) is 16.1 Å². The number of pyridine rings is 1. The second-order valence-electron chi connectivity index (χ2n) is 4.43. The third-order valence-electron chi connectivity index (χ3n) is 3.05. The van der Waals surface area contributed by atoms with Gasteiger partial charge in [-0.3, -0.25) is 4.79 Å². The predicted octanol–water partition coefficient (Wildman–Crippen LogP) is 2.61. The van der Waals surface area contributed by atoms with Crippen molar-refractivity contribution >= 4 is 5.97 Å². The van der Waals surface area contributed by atoms with E-state index in [0.29, 0.717) is 11.3 Å². The molecule has 0 saturated carbocycles. The average molecular weight is 257 g/mol. The Labute approximate surface area is 110 Å². The van der Waals surface area contributed by atoms with E-state index in [1.807, 2.05) is 24.3 Å². The summed E-state index contributed by atoms with van der Waals surface area (Å²) in [5.41, 5.74) is 2.23. The molecule has 2 aromatic rings. The number of carboxylic acid groups (broad SMARTS) is 1. The summed E-state index contributed by atoms with van der Waals surface area (Å²) < 4.78 is 0. The van der Waals surface area contributed by atoms with Gasteiger partial charge in [0.1, 0.15) is 5.56 Å². The molecule has 0 aliphatic heterocycles. The van der Waals surface area contributed by atoms with Crippen LogP contribution in [0.4, 0.5) is 0 Å². The summed E-state index contributed by atoms with van der Waals surface area (Å²) in [6.07, 6.45) is 0.917. The highest BCUT2D eigenvalue weighted by Crippen LogP contribution is 2.22. The number of aromatic amines is 1. The van der Waals surface area contributed by atoms with E-state index in [4.69, 9.17) is 0 Å². The largest absolute Gasteiger partial charge is 0.477 e. The van der Waals surface area contributed by atoms with Crippen molar-refractivity contribution in [3.05, 3.63) is 57.5 Å². The molecule has 0 radical (unpaired) electrons. The number of hydrogen-bond donors (Lipinski definition) is 2. The van der Waals surface area contributed by atoms with Gasteiger partial charge in [0.2, 0.25) is 0 Å². The second kappa shape index (κ2) is 5.10. The molecule has 19 heavy (non-hydrogen) atoms. The minimum Gasteiger partial charge on any atom is -0.477 e. The standard InChI is InChI=1S/C15H15NO3/c1-3-10-4-6-11(7-5-10)12-8-9(2)16-14(17)13(12)15(18)19/h4-8H,3H2,1-2H3,(H,16,17)(H,18,19). The number of benzene rings is 1. The SMILES string of the molecule is CCc1ccc(-c2cc(C)[nH]c(=O)c2C(=O)O)cc1. The predicted molar refractivity (Wildman–Crippen MR) is 73.6 cm³/mol. The van der Waals surface area contributed by atoms with E-state index in [9.17, 15) is 14.7 Å². The zero-order chi connectivity index (χ0) is 14.0. The average Bonchev–Trinajstić information content (AvgIpc) is 2.37. The van der Waals surface area contributed by atoms with Crippen molar-refractivity contribution in [3.63, 3.8) is 0 Å². The van der Waals surface area contributed by atoms with Crippen molar-refractivity contribution in [1.29, 1.82) is 0 Å². The van der Waals surface area contributed by atoms with Crippen LogP contribution in [-0.2, 0) is 6.42 Å². The molecule has 2 rings (SSSR count).